The largest absolute Gasteiger partial charge is 0.481 e. The standard InChI is InChI=1S/C25H25FN4O2S/c1-29-8-9-30(23(15-29)24-3-2-10-33-24)14-18-11-16(4-6-20(18)26)17-5-7-21-19(12-17)22(28-27-21)13-25(31)32/h2-7,10-12,23H,8-9,13-15H2,1H3,(H,27,28)(H,31,32)/t23-/m1/s1. The van der Waals surface area contributed by atoms with Crippen LogP contribution < -0.4 is 0 Å². The van der Waals surface area contributed by atoms with Crippen molar-refractivity contribution in [1.82, 2.24) is 20.0 Å². The summed E-state index contributed by atoms with van der Waals surface area (Å²) in [6.45, 7) is 3.29. The normalized spacial score (nSPS) is 17.6. The van der Waals surface area contributed by atoms with Gasteiger partial charge in [-0.3, -0.25) is 14.8 Å². The Balaban J connectivity index is 1.45. The molecule has 2 N–H and O–H groups in total. The van der Waals surface area contributed by atoms with Gasteiger partial charge in [-0.15, -0.1) is 11.3 Å². The third-order valence-corrected chi connectivity index (χ3v) is 7.25. The van der Waals surface area contributed by atoms with Gasteiger partial charge in [0.1, 0.15) is 5.82 Å². The summed E-state index contributed by atoms with van der Waals surface area (Å²) in [4.78, 5) is 17.2. The number of aromatic nitrogens is 2. The summed E-state index contributed by atoms with van der Waals surface area (Å²) in [5.74, 6) is -1.12. The summed E-state index contributed by atoms with van der Waals surface area (Å²) < 4.78 is 14.9. The fraction of sp³-hybridized carbons (Fsp3) is 0.280. The maximum Gasteiger partial charge on any atom is 0.309 e. The van der Waals surface area contributed by atoms with Crippen LogP contribution in [0, 0.1) is 5.82 Å². The molecular formula is C25H25FN4O2S. The minimum atomic E-state index is -0.914. The number of H-pyrrole nitrogens is 1. The molecule has 0 saturated carbocycles. The van der Waals surface area contributed by atoms with Crippen molar-refractivity contribution in [3.8, 4) is 11.1 Å². The number of nitrogens with one attached hydrogen (secondary N) is 1. The number of hydrogen-bond acceptors (Lipinski definition) is 5. The van der Waals surface area contributed by atoms with E-state index in [2.05, 4.69) is 44.6 Å². The van der Waals surface area contributed by atoms with Crippen molar-refractivity contribution < 1.29 is 14.3 Å². The number of hydrogen-bond donors (Lipinski definition) is 2. The fourth-order valence-corrected chi connectivity index (χ4v) is 5.37. The molecule has 0 amide bonds. The van der Waals surface area contributed by atoms with Crippen molar-refractivity contribution in [2.75, 3.05) is 26.7 Å². The van der Waals surface area contributed by atoms with Crippen molar-refractivity contribution in [3.63, 3.8) is 0 Å². The minimum absolute atomic E-state index is 0.123. The molecule has 0 bridgehead atoms. The van der Waals surface area contributed by atoms with Crippen LogP contribution in [0.4, 0.5) is 4.39 Å². The van der Waals surface area contributed by atoms with Gasteiger partial charge >= 0.3 is 5.97 Å². The van der Waals surface area contributed by atoms with Crippen molar-refractivity contribution in [1.29, 1.82) is 0 Å². The van der Waals surface area contributed by atoms with Crippen LogP contribution in [0.3, 0.4) is 0 Å². The van der Waals surface area contributed by atoms with E-state index in [-0.39, 0.29) is 18.3 Å². The number of piperazine rings is 1. The van der Waals surface area contributed by atoms with Crippen LogP contribution in [-0.2, 0) is 17.8 Å². The maximum atomic E-state index is 14.9. The van der Waals surface area contributed by atoms with Gasteiger partial charge in [0.25, 0.3) is 0 Å². The van der Waals surface area contributed by atoms with Crippen molar-refractivity contribution in [3.05, 3.63) is 75.9 Å². The van der Waals surface area contributed by atoms with E-state index in [1.165, 1.54) is 10.9 Å². The first-order valence-electron chi connectivity index (χ1n) is 10.9. The SMILES string of the molecule is CN1CCN(Cc2cc(-c3ccc4n[nH]c(CC(=O)O)c4c3)ccc2F)[C@@H](c2cccs2)C1. The number of halogens is 1. The Kier molecular flexibility index (Phi) is 5.97. The monoisotopic (exact) mass is 464 g/mol. The van der Waals surface area contributed by atoms with Gasteiger partial charge in [-0.1, -0.05) is 18.2 Å². The number of aliphatic carboxylic acids is 1. The second kappa shape index (κ2) is 9.05. The molecule has 1 aliphatic rings. The molecule has 170 valence electrons. The number of carboxylic acids is 1. The van der Waals surface area contributed by atoms with E-state index in [9.17, 15) is 9.18 Å². The highest BCUT2D eigenvalue weighted by Gasteiger charge is 2.28. The lowest BCUT2D eigenvalue weighted by molar-refractivity contribution is -0.136. The average molecular weight is 465 g/mol. The Morgan fingerprint density at radius 3 is 2.82 bits per heavy atom. The highest BCUT2D eigenvalue weighted by atomic mass is 32.1. The number of carbonyl (C=O) groups is 1. The highest BCUT2D eigenvalue weighted by molar-refractivity contribution is 7.10. The number of rotatable bonds is 6. The highest BCUT2D eigenvalue weighted by Crippen LogP contribution is 2.32. The molecule has 0 spiro atoms. The van der Waals surface area contributed by atoms with Crippen molar-refractivity contribution in [2.45, 2.75) is 19.0 Å². The first-order valence-corrected chi connectivity index (χ1v) is 11.8. The number of carboxylic acid groups (broad SMARTS) is 1. The predicted molar refractivity (Wildman–Crippen MR) is 128 cm³/mol. The zero-order valence-corrected chi connectivity index (χ0v) is 19.1. The Hall–Kier alpha value is -3.07. The molecular weight excluding hydrogens is 439 g/mol. The van der Waals surface area contributed by atoms with Crippen LogP contribution in [0.5, 0.6) is 0 Å². The molecule has 1 fully saturated rings. The molecule has 0 unspecified atom stereocenters. The molecule has 0 aliphatic carbocycles. The van der Waals surface area contributed by atoms with Gasteiger partial charge in [-0.25, -0.2) is 4.39 Å². The number of likely N-dealkylation sites (N-methyl/N-ethyl adjacent to an activating group) is 1. The van der Waals surface area contributed by atoms with E-state index in [0.717, 1.165) is 36.1 Å². The molecule has 8 heteroatoms. The lowest BCUT2D eigenvalue weighted by atomic mass is 9.99. The Bertz CT molecular complexity index is 1290. The van der Waals surface area contributed by atoms with Gasteiger partial charge < -0.3 is 10.0 Å². The summed E-state index contributed by atoms with van der Waals surface area (Å²) in [6, 6.07) is 15.4. The number of benzene rings is 2. The van der Waals surface area contributed by atoms with Crippen LogP contribution in [0.15, 0.2) is 53.9 Å². The van der Waals surface area contributed by atoms with E-state index in [0.29, 0.717) is 23.3 Å². The Morgan fingerprint density at radius 2 is 2.03 bits per heavy atom. The second-order valence-electron chi connectivity index (χ2n) is 8.57. The van der Waals surface area contributed by atoms with Gasteiger partial charge in [0.2, 0.25) is 0 Å². The molecule has 6 nitrogen and oxygen atoms in total. The maximum absolute atomic E-state index is 14.9. The van der Waals surface area contributed by atoms with Gasteiger partial charge in [0.05, 0.1) is 23.7 Å². The fourth-order valence-electron chi connectivity index (χ4n) is 4.52. The van der Waals surface area contributed by atoms with Crippen molar-refractivity contribution in [2.24, 2.45) is 0 Å². The number of thiophene rings is 1. The van der Waals surface area contributed by atoms with Crippen LogP contribution in [-0.4, -0.2) is 57.8 Å². The third kappa shape index (κ3) is 4.55. The van der Waals surface area contributed by atoms with E-state index in [4.69, 9.17) is 5.11 Å². The quantitative estimate of drug-likeness (QED) is 0.438. The van der Waals surface area contributed by atoms with E-state index < -0.39 is 5.97 Å². The van der Waals surface area contributed by atoms with Gasteiger partial charge in [-0.05, 0) is 53.9 Å². The zero-order chi connectivity index (χ0) is 22.9. The van der Waals surface area contributed by atoms with Crippen LogP contribution in [0.1, 0.15) is 22.2 Å². The number of fused-ring (bicyclic) bond motifs is 1. The lowest BCUT2D eigenvalue weighted by Crippen LogP contribution is -2.46. The molecule has 33 heavy (non-hydrogen) atoms. The number of nitrogens with zero attached hydrogens (tertiary/aromatic N) is 3. The molecule has 1 saturated heterocycles. The van der Waals surface area contributed by atoms with E-state index >= 15 is 0 Å². The van der Waals surface area contributed by atoms with Gasteiger partial charge in [0.15, 0.2) is 0 Å². The zero-order valence-electron chi connectivity index (χ0n) is 18.3. The molecule has 5 rings (SSSR count). The topological polar surface area (TPSA) is 72.5 Å². The molecule has 1 atom stereocenters. The van der Waals surface area contributed by atoms with Gasteiger partial charge in [-0.2, -0.15) is 5.10 Å². The first kappa shape index (κ1) is 21.8. The molecule has 2 aromatic heterocycles. The van der Waals surface area contributed by atoms with Crippen molar-refractivity contribution >= 4 is 28.2 Å². The molecule has 1 aliphatic heterocycles. The van der Waals surface area contributed by atoms with Crippen LogP contribution in [0.2, 0.25) is 0 Å². The molecule has 2 aromatic carbocycles. The average Bonchev–Trinajstić information content (AvgIpc) is 3.46. The summed E-state index contributed by atoms with van der Waals surface area (Å²) in [5.41, 5.74) is 3.76. The third-order valence-electron chi connectivity index (χ3n) is 6.28. The molecule has 3 heterocycles. The molecule has 4 aromatic rings. The van der Waals surface area contributed by atoms with E-state index in [1.807, 2.05) is 24.3 Å². The van der Waals surface area contributed by atoms with E-state index in [1.54, 1.807) is 17.4 Å². The Labute approximate surface area is 195 Å². The number of aromatic amines is 1. The minimum Gasteiger partial charge on any atom is -0.481 e. The summed E-state index contributed by atoms with van der Waals surface area (Å²) in [7, 11) is 2.13. The Morgan fingerprint density at radius 1 is 1.21 bits per heavy atom. The molecule has 0 radical (unpaired) electrons. The summed E-state index contributed by atoms with van der Waals surface area (Å²) >= 11 is 1.74. The predicted octanol–water partition coefficient (Wildman–Crippen LogP) is 4.55. The summed E-state index contributed by atoms with van der Waals surface area (Å²) in [6.07, 6.45) is -0.123. The first-order chi connectivity index (χ1) is 16.0. The smallest absolute Gasteiger partial charge is 0.309 e. The summed E-state index contributed by atoms with van der Waals surface area (Å²) in [5, 5.41) is 19.0. The lowest BCUT2D eigenvalue weighted by Gasteiger charge is -2.39. The second-order valence-corrected chi connectivity index (χ2v) is 9.55. The van der Waals surface area contributed by atoms with Crippen LogP contribution in [0.25, 0.3) is 22.0 Å². The van der Waals surface area contributed by atoms with Gasteiger partial charge in [0, 0.05) is 42.0 Å². The van der Waals surface area contributed by atoms with Crippen LogP contribution >= 0.6 is 11.3 Å².